The lowest BCUT2D eigenvalue weighted by Gasteiger charge is -2.33. The van der Waals surface area contributed by atoms with Crippen LogP contribution in [0.5, 0.6) is 0 Å². The van der Waals surface area contributed by atoms with Gasteiger partial charge in [-0.1, -0.05) is 12.1 Å². The van der Waals surface area contributed by atoms with E-state index in [9.17, 15) is 4.79 Å². The lowest BCUT2D eigenvalue weighted by atomic mass is 9.98. The Balaban J connectivity index is 1.40. The average Bonchev–Trinajstić information content (AvgIpc) is 3.18. The zero-order valence-electron chi connectivity index (χ0n) is 16.9. The van der Waals surface area contributed by atoms with Crippen molar-refractivity contribution in [3.8, 4) is 11.3 Å². The van der Waals surface area contributed by atoms with Gasteiger partial charge in [0.25, 0.3) is 5.91 Å². The van der Waals surface area contributed by atoms with E-state index in [0.29, 0.717) is 12.1 Å². The number of carbonyl (C=O) groups excluding carboxylic acids is 1. The fraction of sp³-hybridized carbons (Fsp3) is 0.261. The minimum atomic E-state index is -0.0701. The van der Waals surface area contributed by atoms with E-state index in [0.717, 1.165) is 60.2 Å². The highest BCUT2D eigenvalue weighted by Crippen LogP contribution is 2.34. The molecule has 0 radical (unpaired) electrons. The fourth-order valence-electron chi connectivity index (χ4n) is 4.06. The maximum absolute atomic E-state index is 12.5. The van der Waals surface area contributed by atoms with Gasteiger partial charge in [-0.2, -0.15) is 0 Å². The molecule has 4 heterocycles. The molecular formula is C23H24N6O. The molecule has 2 N–H and O–H groups in total. The number of amides is 1. The summed E-state index contributed by atoms with van der Waals surface area (Å²) < 4.78 is 0. The van der Waals surface area contributed by atoms with Crippen LogP contribution in [0.4, 0.5) is 17.2 Å². The first-order valence-electron chi connectivity index (χ1n) is 10.2. The van der Waals surface area contributed by atoms with Gasteiger partial charge in [-0.05, 0) is 42.9 Å². The molecule has 2 aliphatic rings. The largest absolute Gasteiger partial charge is 0.368 e. The number of piperazine rings is 1. The van der Waals surface area contributed by atoms with E-state index in [2.05, 4.69) is 43.5 Å². The van der Waals surface area contributed by atoms with Crippen LogP contribution in [0, 0.1) is 0 Å². The molecule has 3 aromatic rings. The van der Waals surface area contributed by atoms with Crippen LogP contribution in [0.15, 0.2) is 54.9 Å². The molecule has 1 amide bonds. The van der Waals surface area contributed by atoms with Gasteiger partial charge in [0.05, 0.1) is 28.8 Å². The maximum atomic E-state index is 12.5. The second-order valence-electron chi connectivity index (χ2n) is 7.73. The Labute approximate surface area is 175 Å². The molecule has 0 unspecified atom stereocenters. The van der Waals surface area contributed by atoms with Crippen LogP contribution in [-0.2, 0) is 6.54 Å². The standard InChI is InChI=1S/C23H24N6O/c1-28-10-12-29(13-11-28)16-5-8-21(25-14-16)27-20-7-6-17(19-4-2-3-9-24-19)18-15-26-23(30)22(18)20/h2-9,14H,10-13,15H2,1H3,(H,25,27)(H,26,30). The number of anilines is 3. The number of nitrogens with one attached hydrogen (secondary N) is 2. The Morgan fingerprint density at radius 3 is 2.60 bits per heavy atom. The molecule has 1 fully saturated rings. The van der Waals surface area contributed by atoms with Crippen LogP contribution >= 0.6 is 0 Å². The normalized spacial score (nSPS) is 16.3. The summed E-state index contributed by atoms with van der Waals surface area (Å²) in [5, 5.41) is 6.27. The molecule has 7 nitrogen and oxygen atoms in total. The number of hydrogen-bond acceptors (Lipinski definition) is 6. The molecule has 7 heteroatoms. The average molecular weight is 400 g/mol. The quantitative estimate of drug-likeness (QED) is 0.702. The molecule has 0 atom stereocenters. The minimum absolute atomic E-state index is 0.0701. The van der Waals surface area contributed by atoms with Crippen molar-refractivity contribution in [2.24, 2.45) is 0 Å². The summed E-state index contributed by atoms with van der Waals surface area (Å²) in [5.74, 6) is 0.653. The lowest BCUT2D eigenvalue weighted by Crippen LogP contribution is -2.44. The summed E-state index contributed by atoms with van der Waals surface area (Å²) >= 11 is 0. The molecule has 30 heavy (non-hydrogen) atoms. The SMILES string of the molecule is CN1CCN(c2ccc(Nc3ccc(-c4ccccn4)c4c3C(=O)NC4)nc2)CC1. The van der Waals surface area contributed by atoms with E-state index in [1.54, 1.807) is 6.20 Å². The van der Waals surface area contributed by atoms with Crippen molar-refractivity contribution in [2.45, 2.75) is 6.54 Å². The predicted molar refractivity (Wildman–Crippen MR) is 118 cm³/mol. The monoisotopic (exact) mass is 400 g/mol. The number of rotatable bonds is 4. The van der Waals surface area contributed by atoms with Crippen molar-refractivity contribution >= 4 is 23.1 Å². The Bertz CT molecular complexity index is 1060. The third-order valence-corrected chi connectivity index (χ3v) is 5.79. The van der Waals surface area contributed by atoms with Crippen molar-refractivity contribution < 1.29 is 4.79 Å². The smallest absolute Gasteiger partial charge is 0.254 e. The van der Waals surface area contributed by atoms with Crippen LogP contribution < -0.4 is 15.5 Å². The summed E-state index contributed by atoms with van der Waals surface area (Å²) in [4.78, 5) is 26.3. The maximum Gasteiger partial charge on any atom is 0.254 e. The molecular weight excluding hydrogens is 376 g/mol. The second-order valence-corrected chi connectivity index (χ2v) is 7.73. The van der Waals surface area contributed by atoms with Crippen molar-refractivity contribution in [1.82, 2.24) is 20.2 Å². The third-order valence-electron chi connectivity index (χ3n) is 5.79. The van der Waals surface area contributed by atoms with Gasteiger partial charge in [-0.25, -0.2) is 4.98 Å². The molecule has 1 aromatic carbocycles. The molecule has 0 saturated carbocycles. The molecule has 0 aliphatic carbocycles. The van der Waals surface area contributed by atoms with Gasteiger partial charge in [0.2, 0.25) is 0 Å². The number of benzene rings is 1. The van der Waals surface area contributed by atoms with Crippen LogP contribution in [0.3, 0.4) is 0 Å². The van der Waals surface area contributed by atoms with Crippen molar-refractivity contribution in [1.29, 1.82) is 0 Å². The second kappa shape index (κ2) is 7.76. The van der Waals surface area contributed by atoms with Gasteiger partial charge in [-0.15, -0.1) is 0 Å². The molecule has 152 valence electrons. The fourth-order valence-corrected chi connectivity index (χ4v) is 4.06. The summed E-state index contributed by atoms with van der Waals surface area (Å²) in [6.45, 7) is 4.64. The number of carbonyl (C=O) groups is 1. The van der Waals surface area contributed by atoms with E-state index in [-0.39, 0.29) is 5.91 Å². The predicted octanol–water partition coefficient (Wildman–Crippen LogP) is 2.88. The number of nitrogens with zero attached hydrogens (tertiary/aromatic N) is 4. The summed E-state index contributed by atoms with van der Waals surface area (Å²) in [5.41, 5.74) is 5.38. The Kier molecular flexibility index (Phi) is 4.80. The topological polar surface area (TPSA) is 73.4 Å². The summed E-state index contributed by atoms with van der Waals surface area (Å²) in [7, 11) is 2.15. The van der Waals surface area contributed by atoms with Crippen LogP contribution in [-0.4, -0.2) is 54.0 Å². The van der Waals surface area contributed by atoms with Crippen LogP contribution in [0.1, 0.15) is 15.9 Å². The Morgan fingerprint density at radius 1 is 1.00 bits per heavy atom. The number of aromatic nitrogens is 2. The minimum Gasteiger partial charge on any atom is -0.368 e. The zero-order chi connectivity index (χ0) is 20.5. The molecule has 2 aliphatic heterocycles. The van der Waals surface area contributed by atoms with E-state index in [1.165, 1.54) is 0 Å². The van der Waals surface area contributed by atoms with Gasteiger partial charge in [0, 0.05) is 44.5 Å². The molecule has 0 bridgehead atoms. The van der Waals surface area contributed by atoms with Gasteiger partial charge in [0.1, 0.15) is 5.82 Å². The van der Waals surface area contributed by atoms with Gasteiger partial charge < -0.3 is 20.4 Å². The number of fused-ring (bicyclic) bond motifs is 1. The van der Waals surface area contributed by atoms with Gasteiger partial charge in [0.15, 0.2) is 0 Å². The first kappa shape index (κ1) is 18.6. The van der Waals surface area contributed by atoms with E-state index in [1.807, 2.05) is 42.6 Å². The number of hydrogen-bond donors (Lipinski definition) is 2. The van der Waals surface area contributed by atoms with E-state index in [4.69, 9.17) is 0 Å². The van der Waals surface area contributed by atoms with Crippen LogP contribution in [0.2, 0.25) is 0 Å². The van der Waals surface area contributed by atoms with Gasteiger partial charge >= 0.3 is 0 Å². The first-order chi connectivity index (χ1) is 14.7. The van der Waals surface area contributed by atoms with Crippen molar-refractivity contribution in [3.63, 3.8) is 0 Å². The third kappa shape index (κ3) is 3.48. The Hall–Kier alpha value is -3.45. The zero-order valence-corrected chi connectivity index (χ0v) is 16.9. The highest BCUT2D eigenvalue weighted by molar-refractivity contribution is 6.06. The lowest BCUT2D eigenvalue weighted by molar-refractivity contribution is 0.0966. The molecule has 1 saturated heterocycles. The molecule has 5 rings (SSSR count). The van der Waals surface area contributed by atoms with Crippen molar-refractivity contribution in [2.75, 3.05) is 43.4 Å². The number of likely N-dealkylation sites (N-methyl/N-ethyl adjacent to an activating group) is 1. The van der Waals surface area contributed by atoms with Crippen molar-refractivity contribution in [3.05, 3.63) is 66.0 Å². The Morgan fingerprint density at radius 2 is 1.87 bits per heavy atom. The molecule has 2 aromatic heterocycles. The van der Waals surface area contributed by atoms with E-state index < -0.39 is 0 Å². The van der Waals surface area contributed by atoms with Crippen LogP contribution in [0.25, 0.3) is 11.3 Å². The molecule has 0 spiro atoms. The highest BCUT2D eigenvalue weighted by Gasteiger charge is 2.26. The number of pyridine rings is 2. The highest BCUT2D eigenvalue weighted by atomic mass is 16.1. The summed E-state index contributed by atoms with van der Waals surface area (Å²) in [6.07, 6.45) is 3.67. The van der Waals surface area contributed by atoms with Gasteiger partial charge in [-0.3, -0.25) is 9.78 Å². The van der Waals surface area contributed by atoms with E-state index >= 15 is 0 Å². The first-order valence-corrected chi connectivity index (χ1v) is 10.2. The summed E-state index contributed by atoms with van der Waals surface area (Å²) in [6, 6.07) is 13.8.